The van der Waals surface area contributed by atoms with Gasteiger partial charge in [-0.2, -0.15) is 0 Å². The highest BCUT2D eigenvalue weighted by atomic mass is 16.4. The quantitative estimate of drug-likeness (QED) is 0.646. The molecule has 0 aliphatic heterocycles. The third-order valence-corrected chi connectivity index (χ3v) is 2.69. The number of rotatable bonds is 7. The summed E-state index contributed by atoms with van der Waals surface area (Å²) in [6, 6.07) is 1.76. The average Bonchev–Trinajstić information content (AvgIpc) is 2.27. The fraction of sp³-hybridized carbons (Fsp3) is 0.538. The summed E-state index contributed by atoms with van der Waals surface area (Å²) >= 11 is 0. The molecule has 0 amide bonds. The van der Waals surface area contributed by atoms with Gasteiger partial charge in [0.25, 0.3) is 0 Å². The molecule has 1 heterocycles. The molecule has 0 saturated heterocycles. The van der Waals surface area contributed by atoms with Gasteiger partial charge in [-0.1, -0.05) is 0 Å². The Morgan fingerprint density at radius 3 is 2.67 bits per heavy atom. The number of aromatic nitrogens is 1. The summed E-state index contributed by atoms with van der Waals surface area (Å²) in [6.07, 6.45) is 2.57. The Hall–Kier alpha value is -1.62. The molecule has 0 aliphatic carbocycles. The van der Waals surface area contributed by atoms with Crippen molar-refractivity contribution in [3.8, 4) is 0 Å². The number of carbonyl (C=O) groups is 1. The van der Waals surface area contributed by atoms with Crippen LogP contribution < -0.4 is 5.32 Å². The molecular formula is C13H20N2O3. The summed E-state index contributed by atoms with van der Waals surface area (Å²) in [4.78, 5) is 15.4. The van der Waals surface area contributed by atoms with Crippen molar-refractivity contribution in [1.82, 2.24) is 4.98 Å². The number of hydrogen-bond acceptors (Lipinski definition) is 4. The van der Waals surface area contributed by atoms with Crippen molar-refractivity contribution >= 4 is 11.8 Å². The molecule has 0 aliphatic rings. The molecule has 5 nitrogen and oxygen atoms in total. The zero-order valence-corrected chi connectivity index (χ0v) is 10.9. The minimum atomic E-state index is -0.960. The smallest absolute Gasteiger partial charge is 0.339 e. The van der Waals surface area contributed by atoms with Gasteiger partial charge < -0.3 is 15.5 Å². The minimum Gasteiger partial charge on any atom is -0.478 e. The summed E-state index contributed by atoms with van der Waals surface area (Å²) in [5.41, 5.74) is 1.76. The number of nitrogens with zero attached hydrogens (tertiary/aromatic N) is 1. The maximum Gasteiger partial charge on any atom is 0.339 e. The first kappa shape index (κ1) is 14.4. The highest BCUT2D eigenvalue weighted by molar-refractivity contribution is 5.94. The van der Waals surface area contributed by atoms with Crippen molar-refractivity contribution in [3.05, 3.63) is 22.9 Å². The number of hydrogen-bond donors (Lipinski definition) is 3. The number of carboxylic acids is 1. The third-order valence-electron chi connectivity index (χ3n) is 2.69. The van der Waals surface area contributed by atoms with Crippen LogP contribution in [0.25, 0.3) is 0 Å². The summed E-state index contributed by atoms with van der Waals surface area (Å²) < 4.78 is 0. The van der Waals surface area contributed by atoms with E-state index in [-0.39, 0.29) is 12.2 Å². The lowest BCUT2D eigenvalue weighted by Gasteiger charge is -2.11. The van der Waals surface area contributed by atoms with Crippen LogP contribution in [0.2, 0.25) is 0 Å². The number of unbranched alkanes of at least 4 members (excludes halogenated alkanes) is 2. The van der Waals surface area contributed by atoms with E-state index in [2.05, 4.69) is 10.3 Å². The molecule has 0 radical (unpaired) electrons. The Kier molecular flexibility index (Phi) is 5.58. The predicted octanol–water partition coefficient (Wildman–Crippen LogP) is 1.97. The van der Waals surface area contributed by atoms with Gasteiger partial charge in [0.2, 0.25) is 0 Å². The van der Waals surface area contributed by atoms with Gasteiger partial charge in [0.15, 0.2) is 0 Å². The molecular weight excluding hydrogens is 232 g/mol. The minimum absolute atomic E-state index is 0.197. The molecule has 5 heteroatoms. The van der Waals surface area contributed by atoms with Crippen LogP contribution in [-0.4, -0.2) is 34.3 Å². The molecule has 0 saturated carbocycles. The summed E-state index contributed by atoms with van der Waals surface area (Å²) in [6.45, 7) is 4.48. The molecule has 18 heavy (non-hydrogen) atoms. The number of aliphatic hydroxyl groups is 1. The number of aromatic carboxylic acids is 1. The van der Waals surface area contributed by atoms with Gasteiger partial charge in [-0.3, -0.25) is 0 Å². The molecule has 0 spiro atoms. The zero-order valence-electron chi connectivity index (χ0n) is 10.9. The maximum atomic E-state index is 11.2. The Labute approximate surface area is 107 Å². The number of carboxylic acid groups (broad SMARTS) is 1. The zero-order chi connectivity index (χ0) is 13.5. The van der Waals surface area contributed by atoms with Crippen molar-refractivity contribution in [2.24, 2.45) is 0 Å². The van der Waals surface area contributed by atoms with Gasteiger partial charge in [0.1, 0.15) is 11.4 Å². The van der Waals surface area contributed by atoms with Crippen LogP contribution in [0.15, 0.2) is 6.07 Å². The molecule has 0 bridgehead atoms. The van der Waals surface area contributed by atoms with Crippen molar-refractivity contribution in [2.45, 2.75) is 33.1 Å². The summed E-state index contributed by atoms with van der Waals surface area (Å²) in [5, 5.41) is 20.9. The highest BCUT2D eigenvalue weighted by Crippen LogP contribution is 2.18. The number of nitrogens with one attached hydrogen (secondary N) is 1. The van der Waals surface area contributed by atoms with Gasteiger partial charge in [0.05, 0.1) is 0 Å². The topological polar surface area (TPSA) is 82.5 Å². The normalized spacial score (nSPS) is 10.4. The predicted molar refractivity (Wildman–Crippen MR) is 70.1 cm³/mol. The van der Waals surface area contributed by atoms with E-state index in [9.17, 15) is 4.79 Å². The second-order valence-corrected chi connectivity index (χ2v) is 4.32. The molecule has 1 aromatic rings. The second-order valence-electron chi connectivity index (χ2n) is 4.32. The number of aliphatic hydroxyl groups excluding tert-OH is 1. The van der Waals surface area contributed by atoms with E-state index < -0.39 is 5.97 Å². The second kappa shape index (κ2) is 6.96. The number of aryl methyl sites for hydroxylation is 2. The number of pyridine rings is 1. The summed E-state index contributed by atoms with van der Waals surface area (Å²) in [5.74, 6) is -0.526. The standard InChI is InChI=1S/C13H20N2O3/c1-9-8-10(2)15-12(11(9)13(17)18)14-6-4-3-5-7-16/h8,16H,3-7H2,1-2H3,(H,14,15)(H,17,18). The van der Waals surface area contributed by atoms with Crippen molar-refractivity contribution < 1.29 is 15.0 Å². The lowest BCUT2D eigenvalue weighted by Crippen LogP contribution is -2.12. The molecule has 3 N–H and O–H groups in total. The van der Waals surface area contributed by atoms with E-state index >= 15 is 0 Å². The Balaban J connectivity index is 2.71. The van der Waals surface area contributed by atoms with E-state index in [4.69, 9.17) is 10.2 Å². The van der Waals surface area contributed by atoms with Crippen LogP contribution in [0, 0.1) is 13.8 Å². The first-order chi connectivity index (χ1) is 8.56. The Morgan fingerprint density at radius 2 is 2.06 bits per heavy atom. The number of anilines is 1. The van der Waals surface area contributed by atoms with Crippen molar-refractivity contribution in [2.75, 3.05) is 18.5 Å². The fourth-order valence-electron chi connectivity index (χ4n) is 1.86. The largest absolute Gasteiger partial charge is 0.478 e. The van der Waals surface area contributed by atoms with Crippen LogP contribution in [-0.2, 0) is 0 Å². The lowest BCUT2D eigenvalue weighted by atomic mass is 10.1. The van der Waals surface area contributed by atoms with Crippen LogP contribution in [0.1, 0.15) is 40.9 Å². The Bertz CT molecular complexity index is 419. The maximum absolute atomic E-state index is 11.2. The van der Waals surface area contributed by atoms with E-state index in [0.29, 0.717) is 17.9 Å². The fourth-order valence-corrected chi connectivity index (χ4v) is 1.86. The van der Waals surface area contributed by atoms with E-state index in [1.807, 2.05) is 6.92 Å². The van der Waals surface area contributed by atoms with E-state index in [0.717, 1.165) is 25.0 Å². The SMILES string of the molecule is Cc1cc(C)c(C(=O)O)c(NCCCCCO)n1. The van der Waals surface area contributed by atoms with Gasteiger partial charge in [-0.25, -0.2) is 9.78 Å². The third kappa shape index (κ3) is 4.00. The average molecular weight is 252 g/mol. The van der Waals surface area contributed by atoms with Gasteiger partial charge >= 0.3 is 5.97 Å². The molecule has 1 rings (SSSR count). The van der Waals surface area contributed by atoms with Crippen LogP contribution in [0.3, 0.4) is 0 Å². The molecule has 1 aromatic heterocycles. The Morgan fingerprint density at radius 1 is 1.33 bits per heavy atom. The van der Waals surface area contributed by atoms with Crippen LogP contribution in [0.4, 0.5) is 5.82 Å². The molecule has 0 atom stereocenters. The summed E-state index contributed by atoms with van der Waals surface area (Å²) in [7, 11) is 0. The van der Waals surface area contributed by atoms with E-state index in [1.165, 1.54) is 0 Å². The first-order valence-corrected chi connectivity index (χ1v) is 6.12. The molecule has 0 aromatic carbocycles. The van der Waals surface area contributed by atoms with Crippen molar-refractivity contribution in [1.29, 1.82) is 0 Å². The lowest BCUT2D eigenvalue weighted by molar-refractivity contribution is 0.0697. The van der Waals surface area contributed by atoms with Crippen molar-refractivity contribution in [3.63, 3.8) is 0 Å². The molecule has 0 unspecified atom stereocenters. The van der Waals surface area contributed by atoms with Gasteiger partial charge in [-0.05, 0) is 44.7 Å². The molecule has 100 valence electrons. The molecule has 0 fully saturated rings. The van der Waals surface area contributed by atoms with Gasteiger partial charge in [0, 0.05) is 18.8 Å². The van der Waals surface area contributed by atoms with E-state index in [1.54, 1.807) is 13.0 Å². The first-order valence-electron chi connectivity index (χ1n) is 6.12. The monoisotopic (exact) mass is 252 g/mol. The highest BCUT2D eigenvalue weighted by Gasteiger charge is 2.15. The van der Waals surface area contributed by atoms with Crippen LogP contribution in [0.5, 0.6) is 0 Å². The van der Waals surface area contributed by atoms with Crippen LogP contribution >= 0.6 is 0 Å². The van der Waals surface area contributed by atoms with Gasteiger partial charge in [-0.15, -0.1) is 0 Å².